The first-order valence-electron chi connectivity index (χ1n) is 7.61. The second-order valence-corrected chi connectivity index (χ2v) is 6.92. The van der Waals surface area contributed by atoms with Gasteiger partial charge in [-0.3, -0.25) is 4.79 Å². The monoisotopic (exact) mass is 315 g/mol. The van der Waals surface area contributed by atoms with E-state index in [4.69, 9.17) is 4.74 Å². The highest BCUT2D eigenvalue weighted by Crippen LogP contribution is 2.32. The van der Waals surface area contributed by atoms with Crippen molar-refractivity contribution in [2.24, 2.45) is 0 Å². The summed E-state index contributed by atoms with van der Waals surface area (Å²) in [5.74, 6) is 0.829. The summed E-state index contributed by atoms with van der Waals surface area (Å²) in [7, 11) is 0. The predicted octanol–water partition coefficient (Wildman–Crippen LogP) is 3.89. The molecule has 1 amide bonds. The molecule has 1 atom stereocenters. The number of ether oxygens (including phenoxy) is 1. The first-order chi connectivity index (χ1) is 10.5. The van der Waals surface area contributed by atoms with Crippen LogP contribution in [0.5, 0.6) is 5.75 Å². The van der Waals surface area contributed by atoms with Gasteiger partial charge in [0.1, 0.15) is 5.75 Å². The van der Waals surface area contributed by atoms with Crippen LogP contribution in [0.25, 0.3) is 0 Å². The van der Waals surface area contributed by atoms with Crippen molar-refractivity contribution in [1.82, 2.24) is 4.90 Å². The molecule has 2 aromatic rings. The van der Waals surface area contributed by atoms with E-state index in [2.05, 4.69) is 24.4 Å². The smallest absolute Gasteiger partial charge is 0.261 e. The van der Waals surface area contributed by atoms with Crippen molar-refractivity contribution in [1.29, 1.82) is 0 Å². The highest BCUT2D eigenvalue weighted by Gasteiger charge is 2.28. The molecule has 0 bridgehead atoms. The van der Waals surface area contributed by atoms with Crippen LogP contribution in [0.15, 0.2) is 29.6 Å². The molecule has 0 saturated heterocycles. The number of thiophene rings is 1. The van der Waals surface area contributed by atoms with Gasteiger partial charge in [-0.1, -0.05) is 6.07 Å². The van der Waals surface area contributed by atoms with Crippen molar-refractivity contribution in [2.45, 2.75) is 33.2 Å². The Labute approximate surface area is 135 Å². The number of aryl methyl sites for hydroxylation is 2. The van der Waals surface area contributed by atoms with Crippen molar-refractivity contribution in [3.05, 3.63) is 51.2 Å². The molecule has 3 nitrogen and oxygen atoms in total. The van der Waals surface area contributed by atoms with E-state index in [0.717, 1.165) is 29.8 Å². The molecule has 0 radical (unpaired) electrons. The van der Waals surface area contributed by atoms with Gasteiger partial charge in [-0.15, -0.1) is 11.3 Å². The summed E-state index contributed by atoms with van der Waals surface area (Å²) in [6.07, 6.45) is 0.951. The highest BCUT2D eigenvalue weighted by atomic mass is 32.1. The summed E-state index contributed by atoms with van der Waals surface area (Å²) in [6.45, 7) is 7.05. The molecule has 1 aromatic heterocycles. The Balaban J connectivity index is 1.65. The molecule has 1 aliphatic heterocycles. The molecule has 0 unspecified atom stereocenters. The summed E-state index contributed by atoms with van der Waals surface area (Å²) < 4.78 is 5.71. The molecule has 0 fully saturated rings. The molecular weight excluding hydrogens is 294 g/mol. The zero-order valence-electron chi connectivity index (χ0n) is 13.3. The van der Waals surface area contributed by atoms with E-state index in [-0.39, 0.29) is 18.6 Å². The highest BCUT2D eigenvalue weighted by molar-refractivity contribution is 7.10. The Bertz CT molecular complexity index is 672. The molecule has 2 heterocycles. The third-order valence-electron chi connectivity index (χ3n) is 4.16. The summed E-state index contributed by atoms with van der Waals surface area (Å²) in [4.78, 5) is 15.8. The minimum absolute atomic E-state index is 0.0588. The van der Waals surface area contributed by atoms with Crippen LogP contribution in [0.2, 0.25) is 0 Å². The van der Waals surface area contributed by atoms with Crippen LogP contribution >= 0.6 is 11.3 Å². The van der Waals surface area contributed by atoms with E-state index in [1.807, 2.05) is 30.9 Å². The first kappa shape index (κ1) is 15.1. The fraction of sp³-hybridized carbons (Fsp3) is 0.389. The van der Waals surface area contributed by atoms with Gasteiger partial charge in [0.25, 0.3) is 5.91 Å². The van der Waals surface area contributed by atoms with Gasteiger partial charge in [-0.05, 0) is 67.5 Å². The lowest BCUT2D eigenvalue weighted by Gasteiger charge is -2.33. The lowest BCUT2D eigenvalue weighted by atomic mass is 10.0. The summed E-state index contributed by atoms with van der Waals surface area (Å²) in [5.41, 5.74) is 3.59. The number of nitrogens with zero attached hydrogens (tertiary/aromatic N) is 1. The molecule has 1 aliphatic rings. The molecule has 22 heavy (non-hydrogen) atoms. The van der Waals surface area contributed by atoms with Gasteiger partial charge in [0.15, 0.2) is 6.61 Å². The van der Waals surface area contributed by atoms with Gasteiger partial charge in [0.05, 0.1) is 6.04 Å². The van der Waals surface area contributed by atoms with Crippen LogP contribution in [-0.4, -0.2) is 24.0 Å². The summed E-state index contributed by atoms with van der Waals surface area (Å²) >= 11 is 1.79. The van der Waals surface area contributed by atoms with Crippen LogP contribution in [-0.2, 0) is 11.2 Å². The van der Waals surface area contributed by atoms with E-state index in [0.29, 0.717) is 0 Å². The second-order valence-electron chi connectivity index (χ2n) is 5.92. The molecule has 116 valence electrons. The van der Waals surface area contributed by atoms with E-state index in [1.54, 1.807) is 11.3 Å². The fourth-order valence-electron chi connectivity index (χ4n) is 3.09. The summed E-state index contributed by atoms with van der Waals surface area (Å²) in [6, 6.07) is 8.31. The van der Waals surface area contributed by atoms with Crippen LogP contribution < -0.4 is 4.74 Å². The van der Waals surface area contributed by atoms with E-state index in [1.165, 1.54) is 10.4 Å². The normalized spacial score (nSPS) is 17.2. The van der Waals surface area contributed by atoms with Crippen LogP contribution in [0.3, 0.4) is 0 Å². The minimum Gasteiger partial charge on any atom is -0.484 e. The molecule has 0 aliphatic carbocycles. The zero-order valence-corrected chi connectivity index (χ0v) is 14.1. The summed E-state index contributed by atoms with van der Waals surface area (Å²) in [5, 5.41) is 2.11. The zero-order chi connectivity index (χ0) is 15.7. The Morgan fingerprint density at radius 1 is 1.32 bits per heavy atom. The van der Waals surface area contributed by atoms with Crippen molar-refractivity contribution in [3.8, 4) is 5.75 Å². The molecule has 0 N–H and O–H groups in total. The lowest BCUT2D eigenvalue weighted by Crippen LogP contribution is -2.40. The van der Waals surface area contributed by atoms with Crippen molar-refractivity contribution >= 4 is 17.2 Å². The molecule has 1 aromatic carbocycles. The number of hydrogen-bond acceptors (Lipinski definition) is 3. The maximum Gasteiger partial charge on any atom is 0.261 e. The van der Waals surface area contributed by atoms with Crippen LogP contribution in [0, 0.1) is 13.8 Å². The van der Waals surface area contributed by atoms with E-state index >= 15 is 0 Å². The standard InChI is InChI=1S/C18H21NO2S/c1-12-8-13(2)10-15(9-12)21-11-18(20)19-6-4-17-16(14(19)3)5-7-22-17/h5,7-10,14H,4,6,11H2,1-3H3/t14-/m0/s1. The number of fused-ring (bicyclic) bond motifs is 1. The van der Waals surface area contributed by atoms with E-state index < -0.39 is 0 Å². The van der Waals surface area contributed by atoms with Crippen LogP contribution in [0.1, 0.15) is 34.5 Å². The number of benzene rings is 1. The predicted molar refractivity (Wildman–Crippen MR) is 89.6 cm³/mol. The first-order valence-corrected chi connectivity index (χ1v) is 8.49. The molecule has 0 spiro atoms. The number of carbonyl (C=O) groups excluding carboxylic acids is 1. The third-order valence-corrected chi connectivity index (χ3v) is 5.15. The van der Waals surface area contributed by atoms with Gasteiger partial charge in [-0.2, -0.15) is 0 Å². The van der Waals surface area contributed by atoms with Gasteiger partial charge >= 0.3 is 0 Å². The fourth-order valence-corrected chi connectivity index (χ4v) is 4.06. The van der Waals surface area contributed by atoms with Gasteiger partial charge in [0, 0.05) is 11.4 Å². The molecular formula is C18H21NO2S. The number of amides is 1. The number of carbonyl (C=O) groups is 1. The van der Waals surface area contributed by atoms with E-state index in [9.17, 15) is 4.79 Å². The second kappa shape index (κ2) is 6.13. The Kier molecular flexibility index (Phi) is 4.21. The average molecular weight is 315 g/mol. The van der Waals surface area contributed by atoms with Crippen LogP contribution in [0.4, 0.5) is 0 Å². The SMILES string of the molecule is Cc1cc(C)cc(OCC(=O)N2CCc3sccc3[C@@H]2C)c1. The molecule has 3 rings (SSSR count). The van der Waals surface area contributed by atoms with Gasteiger partial charge in [0.2, 0.25) is 0 Å². The average Bonchev–Trinajstić information content (AvgIpc) is 2.93. The lowest BCUT2D eigenvalue weighted by molar-refractivity contribution is -0.135. The Hall–Kier alpha value is -1.81. The maximum atomic E-state index is 12.5. The Morgan fingerprint density at radius 3 is 2.77 bits per heavy atom. The van der Waals surface area contributed by atoms with Crippen molar-refractivity contribution < 1.29 is 9.53 Å². The number of rotatable bonds is 3. The Morgan fingerprint density at radius 2 is 2.05 bits per heavy atom. The number of hydrogen-bond donors (Lipinski definition) is 0. The largest absolute Gasteiger partial charge is 0.484 e. The quantitative estimate of drug-likeness (QED) is 0.860. The van der Waals surface area contributed by atoms with Gasteiger partial charge in [-0.25, -0.2) is 0 Å². The maximum absolute atomic E-state index is 12.5. The molecule has 0 saturated carbocycles. The van der Waals surface area contributed by atoms with Gasteiger partial charge < -0.3 is 9.64 Å². The minimum atomic E-state index is 0.0588. The van der Waals surface area contributed by atoms with Crippen molar-refractivity contribution in [2.75, 3.05) is 13.2 Å². The molecule has 4 heteroatoms. The third kappa shape index (κ3) is 3.02. The topological polar surface area (TPSA) is 29.5 Å². The van der Waals surface area contributed by atoms with Crippen molar-refractivity contribution in [3.63, 3.8) is 0 Å².